The third-order valence-electron chi connectivity index (χ3n) is 4.12. The third kappa shape index (κ3) is 2.61. The van der Waals surface area contributed by atoms with Crippen LogP contribution in [0.5, 0.6) is 0 Å². The fraction of sp³-hybridized carbons (Fsp3) is 0.375. The summed E-state index contributed by atoms with van der Waals surface area (Å²) in [5.41, 5.74) is 8.95. The van der Waals surface area contributed by atoms with Crippen molar-refractivity contribution in [2.24, 2.45) is 5.92 Å². The van der Waals surface area contributed by atoms with Crippen molar-refractivity contribution in [1.82, 2.24) is 9.97 Å². The summed E-state index contributed by atoms with van der Waals surface area (Å²) in [6, 6.07) is 6.44. The van der Waals surface area contributed by atoms with Gasteiger partial charge in [0.1, 0.15) is 5.82 Å². The molecule has 0 radical (unpaired) electrons. The summed E-state index contributed by atoms with van der Waals surface area (Å²) >= 11 is 0. The number of aryl methyl sites for hydroxylation is 1. The minimum Gasteiger partial charge on any atom is -0.383 e. The SMILES string of the molecule is Cc1ccc2c(c1)[C@H](Nc1ncc(C(F)F)c(N)n1)[C@@H](C)C2. The topological polar surface area (TPSA) is 63.8 Å². The molecule has 0 amide bonds. The van der Waals surface area contributed by atoms with E-state index in [1.807, 2.05) is 6.92 Å². The fourth-order valence-corrected chi connectivity index (χ4v) is 2.96. The predicted octanol–water partition coefficient (Wildman–Crippen LogP) is 3.65. The average Bonchev–Trinajstić information content (AvgIpc) is 2.75. The number of rotatable bonds is 3. The molecule has 0 bridgehead atoms. The van der Waals surface area contributed by atoms with Gasteiger partial charge in [0.15, 0.2) is 0 Å². The van der Waals surface area contributed by atoms with Crippen molar-refractivity contribution in [3.8, 4) is 0 Å². The Morgan fingerprint density at radius 2 is 2.14 bits per heavy atom. The van der Waals surface area contributed by atoms with Crippen LogP contribution < -0.4 is 11.1 Å². The fourth-order valence-electron chi connectivity index (χ4n) is 2.96. The van der Waals surface area contributed by atoms with Gasteiger partial charge in [-0.1, -0.05) is 30.7 Å². The molecule has 3 N–H and O–H groups in total. The van der Waals surface area contributed by atoms with Crippen LogP contribution in [0.2, 0.25) is 0 Å². The zero-order valence-electron chi connectivity index (χ0n) is 12.5. The molecule has 0 saturated carbocycles. The molecule has 116 valence electrons. The molecule has 6 heteroatoms. The number of fused-ring (bicyclic) bond motifs is 1. The maximum atomic E-state index is 12.7. The van der Waals surface area contributed by atoms with Crippen LogP contribution in [0.4, 0.5) is 20.5 Å². The quantitative estimate of drug-likeness (QED) is 0.908. The standard InChI is InChI=1S/C16H18F2N4/c1-8-3-4-10-6-9(2)13(11(10)5-8)21-16-20-7-12(14(17)18)15(19)22-16/h3-5,7,9,13-14H,6H2,1-2H3,(H3,19,20,21,22)/t9-,13+/m0/s1. The normalized spacial score (nSPS) is 20.2. The molecule has 1 aliphatic rings. The summed E-state index contributed by atoms with van der Waals surface area (Å²) in [6.07, 6.45) is -0.605. The van der Waals surface area contributed by atoms with Gasteiger partial charge in [0.2, 0.25) is 5.95 Å². The second kappa shape index (κ2) is 5.51. The van der Waals surface area contributed by atoms with Gasteiger partial charge in [0, 0.05) is 6.20 Å². The zero-order chi connectivity index (χ0) is 15.9. The molecule has 0 saturated heterocycles. The lowest BCUT2D eigenvalue weighted by atomic mass is 10.0. The zero-order valence-corrected chi connectivity index (χ0v) is 12.5. The van der Waals surface area contributed by atoms with E-state index in [2.05, 4.69) is 40.4 Å². The molecule has 4 nitrogen and oxygen atoms in total. The molecular weight excluding hydrogens is 286 g/mol. The van der Waals surface area contributed by atoms with Gasteiger partial charge in [-0.15, -0.1) is 0 Å². The highest BCUT2D eigenvalue weighted by Crippen LogP contribution is 2.38. The molecule has 1 heterocycles. The minimum absolute atomic E-state index is 0.0618. The molecule has 1 aliphatic carbocycles. The molecule has 0 unspecified atom stereocenters. The Bertz CT molecular complexity index is 703. The van der Waals surface area contributed by atoms with Gasteiger partial charge < -0.3 is 11.1 Å². The van der Waals surface area contributed by atoms with Crippen molar-refractivity contribution in [3.05, 3.63) is 46.6 Å². The lowest BCUT2D eigenvalue weighted by molar-refractivity contribution is 0.151. The van der Waals surface area contributed by atoms with Crippen molar-refractivity contribution in [2.45, 2.75) is 32.7 Å². The Morgan fingerprint density at radius 3 is 2.82 bits per heavy atom. The summed E-state index contributed by atoms with van der Waals surface area (Å²) in [7, 11) is 0. The lowest BCUT2D eigenvalue weighted by Crippen LogP contribution is -2.17. The smallest absolute Gasteiger partial charge is 0.268 e. The predicted molar refractivity (Wildman–Crippen MR) is 81.8 cm³/mol. The number of halogens is 2. The van der Waals surface area contributed by atoms with E-state index in [1.54, 1.807) is 0 Å². The van der Waals surface area contributed by atoms with Crippen molar-refractivity contribution < 1.29 is 8.78 Å². The van der Waals surface area contributed by atoms with Gasteiger partial charge in [0.25, 0.3) is 6.43 Å². The maximum Gasteiger partial charge on any atom is 0.268 e. The summed E-state index contributed by atoms with van der Waals surface area (Å²) in [4.78, 5) is 7.94. The number of nitrogens with one attached hydrogen (secondary N) is 1. The van der Waals surface area contributed by atoms with Gasteiger partial charge >= 0.3 is 0 Å². The number of aromatic nitrogens is 2. The number of hydrogen-bond donors (Lipinski definition) is 2. The van der Waals surface area contributed by atoms with E-state index in [-0.39, 0.29) is 23.4 Å². The molecular formula is C16H18F2N4. The first-order valence-electron chi connectivity index (χ1n) is 7.22. The van der Waals surface area contributed by atoms with Gasteiger partial charge in [-0.2, -0.15) is 4.98 Å². The van der Waals surface area contributed by atoms with Crippen LogP contribution in [-0.4, -0.2) is 9.97 Å². The highest BCUT2D eigenvalue weighted by atomic mass is 19.3. The molecule has 1 aromatic heterocycles. The van der Waals surface area contributed by atoms with Crippen molar-refractivity contribution in [3.63, 3.8) is 0 Å². The highest BCUT2D eigenvalue weighted by molar-refractivity contribution is 5.47. The van der Waals surface area contributed by atoms with E-state index in [1.165, 1.54) is 16.7 Å². The van der Waals surface area contributed by atoms with Crippen LogP contribution in [0.3, 0.4) is 0 Å². The van der Waals surface area contributed by atoms with E-state index in [9.17, 15) is 8.78 Å². The molecule has 2 atom stereocenters. The molecule has 2 aromatic rings. The Labute approximate surface area is 127 Å². The van der Waals surface area contributed by atoms with E-state index in [0.29, 0.717) is 5.92 Å². The second-order valence-electron chi connectivity index (χ2n) is 5.84. The first-order chi connectivity index (χ1) is 10.5. The lowest BCUT2D eigenvalue weighted by Gasteiger charge is -2.19. The number of nitrogens with two attached hydrogens (primary N) is 1. The van der Waals surface area contributed by atoms with Crippen molar-refractivity contribution in [1.29, 1.82) is 0 Å². The van der Waals surface area contributed by atoms with E-state index < -0.39 is 6.43 Å². The number of hydrogen-bond acceptors (Lipinski definition) is 4. The summed E-state index contributed by atoms with van der Waals surface area (Å²) in [5.74, 6) is 0.479. The summed E-state index contributed by atoms with van der Waals surface area (Å²) in [6.45, 7) is 4.19. The second-order valence-corrected chi connectivity index (χ2v) is 5.84. The van der Waals surface area contributed by atoms with Gasteiger partial charge in [-0.3, -0.25) is 0 Å². The number of benzene rings is 1. The molecule has 1 aromatic carbocycles. The Morgan fingerprint density at radius 1 is 1.36 bits per heavy atom. The largest absolute Gasteiger partial charge is 0.383 e. The van der Waals surface area contributed by atoms with Gasteiger partial charge in [0.05, 0.1) is 11.6 Å². The summed E-state index contributed by atoms with van der Waals surface area (Å²) in [5, 5.41) is 3.23. The van der Waals surface area contributed by atoms with Crippen LogP contribution in [0.25, 0.3) is 0 Å². The number of anilines is 2. The van der Waals surface area contributed by atoms with Crippen LogP contribution in [-0.2, 0) is 6.42 Å². The number of nitrogens with zero attached hydrogens (tertiary/aromatic N) is 2. The minimum atomic E-state index is -2.66. The molecule has 22 heavy (non-hydrogen) atoms. The van der Waals surface area contributed by atoms with Crippen molar-refractivity contribution >= 4 is 11.8 Å². The van der Waals surface area contributed by atoms with E-state index in [0.717, 1.165) is 12.6 Å². The average molecular weight is 304 g/mol. The third-order valence-corrected chi connectivity index (χ3v) is 4.12. The Balaban J connectivity index is 1.88. The monoisotopic (exact) mass is 304 g/mol. The Hall–Kier alpha value is -2.24. The van der Waals surface area contributed by atoms with Crippen molar-refractivity contribution in [2.75, 3.05) is 11.1 Å². The first-order valence-corrected chi connectivity index (χ1v) is 7.22. The van der Waals surface area contributed by atoms with Gasteiger partial charge in [-0.05, 0) is 30.4 Å². The molecule has 0 fully saturated rings. The van der Waals surface area contributed by atoms with Gasteiger partial charge in [-0.25, -0.2) is 13.8 Å². The highest BCUT2D eigenvalue weighted by Gasteiger charge is 2.30. The first kappa shape index (κ1) is 14.7. The van der Waals surface area contributed by atoms with E-state index >= 15 is 0 Å². The molecule has 3 rings (SSSR count). The Kier molecular flexibility index (Phi) is 3.68. The molecule has 0 spiro atoms. The van der Waals surface area contributed by atoms with Crippen LogP contribution in [0.1, 0.15) is 41.6 Å². The summed E-state index contributed by atoms with van der Waals surface area (Å²) < 4.78 is 25.4. The molecule has 0 aliphatic heterocycles. The van der Waals surface area contributed by atoms with Crippen LogP contribution >= 0.6 is 0 Å². The van der Waals surface area contributed by atoms with E-state index in [4.69, 9.17) is 5.73 Å². The maximum absolute atomic E-state index is 12.7. The number of alkyl halides is 2. The van der Waals surface area contributed by atoms with Crippen LogP contribution in [0, 0.1) is 12.8 Å². The number of nitrogen functional groups attached to an aromatic ring is 1. The van der Waals surface area contributed by atoms with Crippen LogP contribution in [0.15, 0.2) is 24.4 Å².